The summed E-state index contributed by atoms with van der Waals surface area (Å²) in [7, 11) is 0. The molecule has 0 spiro atoms. The van der Waals surface area contributed by atoms with Gasteiger partial charge >= 0.3 is 0 Å². The van der Waals surface area contributed by atoms with Crippen molar-refractivity contribution in [3.63, 3.8) is 0 Å². The van der Waals surface area contributed by atoms with E-state index in [9.17, 15) is 0 Å². The highest BCUT2D eigenvalue weighted by atomic mass is 16.5. The Morgan fingerprint density at radius 1 is 1.25 bits per heavy atom. The highest BCUT2D eigenvalue weighted by Crippen LogP contribution is 2.28. The molecule has 0 bridgehead atoms. The standard InChI is InChI=1S/C16H31N3O/c1-2-5-16(6-3-7-17-16)14-18-8-4-15(13-18)19-9-11-20-12-10-19/h15,17H,2-14H2,1H3. The fourth-order valence-corrected chi connectivity index (χ4v) is 4.40. The minimum atomic E-state index is 0.425. The molecule has 3 fully saturated rings. The van der Waals surface area contributed by atoms with Crippen molar-refractivity contribution in [1.29, 1.82) is 0 Å². The van der Waals surface area contributed by atoms with Crippen molar-refractivity contribution in [2.45, 2.75) is 50.6 Å². The third-order valence-electron chi connectivity index (χ3n) is 5.40. The van der Waals surface area contributed by atoms with Gasteiger partial charge < -0.3 is 10.1 Å². The van der Waals surface area contributed by atoms with Gasteiger partial charge in [0.25, 0.3) is 0 Å². The molecule has 0 amide bonds. The first-order chi connectivity index (χ1) is 9.81. The van der Waals surface area contributed by atoms with E-state index in [1.807, 2.05) is 0 Å². The highest BCUT2D eigenvalue weighted by molar-refractivity contribution is 4.97. The van der Waals surface area contributed by atoms with Crippen LogP contribution in [0.4, 0.5) is 0 Å². The summed E-state index contributed by atoms with van der Waals surface area (Å²) >= 11 is 0. The van der Waals surface area contributed by atoms with Crippen molar-refractivity contribution in [2.75, 3.05) is 52.5 Å². The van der Waals surface area contributed by atoms with Crippen LogP contribution in [0, 0.1) is 0 Å². The average molecular weight is 281 g/mol. The van der Waals surface area contributed by atoms with E-state index in [1.54, 1.807) is 0 Å². The average Bonchev–Trinajstić information content (AvgIpc) is 3.11. The Labute approximate surface area is 123 Å². The predicted molar refractivity (Wildman–Crippen MR) is 82.1 cm³/mol. The maximum Gasteiger partial charge on any atom is 0.0594 e. The zero-order valence-corrected chi connectivity index (χ0v) is 13.1. The van der Waals surface area contributed by atoms with Crippen molar-refractivity contribution in [1.82, 2.24) is 15.1 Å². The highest BCUT2D eigenvalue weighted by Gasteiger charge is 2.37. The van der Waals surface area contributed by atoms with Gasteiger partial charge in [-0.2, -0.15) is 0 Å². The largest absolute Gasteiger partial charge is 0.379 e. The van der Waals surface area contributed by atoms with Crippen LogP contribution >= 0.6 is 0 Å². The summed E-state index contributed by atoms with van der Waals surface area (Å²) in [5, 5.41) is 3.82. The van der Waals surface area contributed by atoms with Gasteiger partial charge in [0.1, 0.15) is 0 Å². The van der Waals surface area contributed by atoms with E-state index >= 15 is 0 Å². The van der Waals surface area contributed by atoms with Crippen molar-refractivity contribution in [3.05, 3.63) is 0 Å². The third-order valence-corrected chi connectivity index (χ3v) is 5.40. The minimum absolute atomic E-state index is 0.425. The van der Waals surface area contributed by atoms with E-state index in [1.165, 1.54) is 58.3 Å². The molecule has 2 atom stereocenters. The van der Waals surface area contributed by atoms with Crippen LogP contribution in [-0.2, 0) is 4.74 Å². The number of hydrogen-bond donors (Lipinski definition) is 1. The van der Waals surface area contributed by atoms with E-state index in [-0.39, 0.29) is 0 Å². The van der Waals surface area contributed by atoms with Crippen LogP contribution in [0.3, 0.4) is 0 Å². The summed E-state index contributed by atoms with van der Waals surface area (Å²) in [5.74, 6) is 0. The van der Waals surface area contributed by atoms with Crippen molar-refractivity contribution in [2.24, 2.45) is 0 Å². The molecule has 4 nitrogen and oxygen atoms in total. The summed E-state index contributed by atoms with van der Waals surface area (Å²) in [6, 6.07) is 0.777. The van der Waals surface area contributed by atoms with Gasteiger partial charge in [0.05, 0.1) is 13.2 Å². The van der Waals surface area contributed by atoms with E-state index < -0.39 is 0 Å². The Bertz CT molecular complexity index is 298. The van der Waals surface area contributed by atoms with Gasteiger partial charge in [-0.15, -0.1) is 0 Å². The Morgan fingerprint density at radius 2 is 2.10 bits per heavy atom. The second-order valence-corrected chi connectivity index (χ2v) is 6.89. The van der Waals surface area contributed by atoms with Crippen molar-refractivity contribution in [3.8, 4) is 0 Å². The van der Waals surface area contributed by atoms with E-state index in [0.29, 0.717) is 5.54 Å². The molecule has 116 valence electrons. The molecule has 3 rings (SSSR count). The number of likely N-dealkylation sites (tertiary alicyclic amines) is 1. The lowest BCUT2D eigenvalue weighted by Crippen LogP contribution is -2.50. The Balaban J connectivity index is 1.51. The maximum absolute atomic E-state index is 5.48. The van der Waals surface area contributed by atoms with Crippen LogP contribution in [0.1, 0.15) is 39.0 Å². The number of ether oxygens (including phenoxy) is 1. The molecule has 0 aromatic rings. The second kappa shape index (κ2) is 6.73. The summed E-state index contributed by atoms with van der Waals surface area (Å²) < 4.78 is 5.48. The van der Waals surface area contributed by atoms with Crippen LogP contribution in [0.25, 0.3) is 0 Å². The first-order valence-corrected chi connectivity index (χ1v) is 8.60. The van der Waals surface area contributed by atoms with Crippen molar-refractivity contribution >= 4 is 0 Å². The number of nitrogens with one attached hydrogen (secondary N) is 1. The first kappa shape index (κ1) is 14.8. The lowest BCUT2D eigenvalue weighted by Gasteiger charge is -2.35. The van der Waals surface area contributed by atoms with E-state index in [2.05, 4.69) is 22.0 Å². The zero-order valence-electron chi connectivity index (χ0n) is 13.1. The van der Waals surface area contributed by atoms with Crippen molar-refractivity contribution < 1.29 is 4.74 Å². The molecule has 0 radical (unpaired) electrons. The molecule has 3 aliphatic heterocycles. The van der Waals surface area contributed by atoms with E-state index in [0.717, 1.165) is 32.3 Å². The van der Waals surface area contributed by atoms with E-state index in [4.69, 9.17) is 4.74 Å². The Hall–Kier alpha value is -0.160. The predicted octanol–water partition coefficient (Wildman–Crippen LogP) is 1.32. The molecule has 4 heteroatoms. The van der Waals surface area contributed by atoms with Crippen LogP contribution in [0.5, 0.6) is 0 Å². The van der Waals surface area contributed by atoms with Crippen LogP contribution in [-0.4, -0.2) is 73.9 Å². The summed E-state index contributed by atoms with van der Waals surface area (Å²) in [4.78, 5) is 5.37. The summed E-state index contributed by atoms with van der Waals surface area (Å²) in [5.41, 5.74) is 0.425. The summed E-state index contributed by atoms with van der Waals surface area (Å²) in [6.45, 7) is 11.5. The molecule has 2 unspecified atom stereocenters. The normalized spacial score (nSPS) is 36.8. The smallest absolute Gasteiger partial charge is 0.0594 e. The third kappa shape index (κ3) is 3.35. The maximum atomic E-state index is 5.48. The zero-order chi connectivity index (χ0) is 13.8. The Morgan fingerprint density at radius 3 is 2.80 bits per heavy atom. The van der Waals surface area contributed by atoms with Gasteiger partial charge in [-0.3, -0.25) is 9.80 Å². The molecule has 3 saturated heterocycles. The number of rotatable bonds is 5. The number of nitrogens with zero attached hydrogens (tertiary/aromatic N) is 2. The second-order valence-electron chi connectivity index (χ2n) is 6.89. The van der Waals surface area contributed by atoms with Crippen LogP contribution < -0.4 is 5.32 Å². The quantitative estimate of drug-likeness (QED) is 0.822. The molecule has 0 saturated carbocycles. The van der Waals surface area contributed by atoms with Gasteiger partial charge in [-0.1, -0.05) is 13.3 Å². The Kier molecular flexibility index (Phi) is 4.97. The molecule has 0 aromatic heterocycles. The first-order valence-electron chi connectivity index (χ1n) is 8.60. The molecular weight excluding hydrogens is 250 g/mol. The van der Waals surface area contributed by atoms with Gasteiger partial charge in [-0.05, 0) is 38.8 Å². The van der Waals surface area contributed by atoms with Gasteiger partial charge in [0, 0.05) is 37.8 Å². The molecule has 3 heterocycles. The van der Waals surface area contributed by atoms with Gasteiger partial charge in [-0.25, -0.2) is 0 Å². The monoisotopic (exact) mass is 281 g/mol. The molecular formula is C16H31N3O. The topological polar surface area (TPSA) is 27.7 Å². The number of morpholine rings is 1. The minimum Gasteiger partial charge on any atom is -0.379 e. The fourth-order valence-electron chi connectivity index (χ4n) is 4.40. The molecule has 0 aliphatic carbocycles. The van der Waals surface area contributed by atoms with Crippen LogP contribution in [0.15, 0.2) is 0 Å². The SMILES string of the molecule is CCCC1(CN2CCC(N3CCOCC3)C2)CCCN1. The van der Waals surface area contributed by atoms with Gasteiger partial charge in [0.15, 0.2) is 0 Å². The fraction of sp³-hybridized carbons (Fsp3) is 1.00. The number of hydrogen-bond acceptors (Lipinski definition) is 4. The van der Waals surface area contributed by atoms with Crippen LogP contribution in [0.2, 0.25) is 0 Å². The molecule has 20 heavy (non-hydrogen) atoms. The molecule has 1 N–H and O–H groups in total. The molecule has 3 aliphatic rings. The lowest BCUT2D eigenvalue weighted by atomic mass is 9.91. The molecule has 0 aromatic carbocycles. The van der Waals surface area contributed by atoms with Gasteiger partial charge in [0.2, 0.25) is 0 Å². The summed E-state index contributed by atoms with van der Waals surface area (Å²) in [6.07, 6.45) is 6.72. The lowest BCUT2D eigenvalue weighted by molar-refractivity contribution is 0.0179.